The summed E-state index contributed by atoms with van der Waals surface area (Å²) in [6.45, 7) is 3.18. The maximum Gasteiger partial charge on any atom is 0.328 e. The number of carbonyl (C=O) groups excluding carboxylic acids is 2. The summed E-state index contributed by atoms with van der Waals surface area (Å²) < 4.78 is 0. The smallest absolute Gasteiger partial charge is 0.328 e. The molecule has 2 fully saturated rings. The lowest BCUT2D eigenvalue weighted by molar-refractivity contribution is -0.134. The van der Waals surface area contributed by atoms with Gasteiger partial charge in [-0.15, -0.1) is 0 Å². The number of anilines is 1. The van der Waals surface area contributed by atoms with E-state index in [9.17, 15) is 24.3 Å². The van der Waals surface area contributed by atoms with Crippen molar-refractivity contribution in [3.8, 4) is 0 Å². The summed E-state index contributed by atoms with van der Waals surface area (Å²) in [5.74, 6) is -2.10. The molecule has 4 heterocycles. The highest BCUT2D eigenvalue weighted by atomic mass is 16.4. The number of amides is 1. The van der Waals surface area contributed by atoms with E-state index in [1.54, 1.807) is 18.3 Å². The highest BCUT2D eigenvalue weighted by molar-refractivity contribution is 6.05. The molecular formula is C25H32N4O7. The molecule has 0 aliphatic carbocycles. The molecule has 1 amide bonds. The van der Waals surface area contributed by atoms with Gasteiger partial charge in [-0.2, -0.15) is 0 Å². The van der Waals surface area contributed by atoms with Crippen molar-refractivity contribution in [1.29, 1.82) is 0 Å². The number of nitrogens with zero attached hydrogens (tertiary/aromatic N) is 3. The number of aliphatic hydroxyl groups excluding tert-OH is 1. The van der Waals surface area contributed by atoms with Gasteiger partial charge in [-0.05, 0) is 44.9 Å². The van der Waals surface area contributed by atoms with Gasteiger partial charge in [0.25, 0.3) is 5.91 Å². The van der Waals surface area contributed by atoms with Gasteiger partial charge in [0.2, 0.25) is 0 Å². The second kappa shape index (κ2) is 11.8. The predicted molar refractivity (Wildman–Crippen MR) is 131 cm³/mol. The molecule has 2 bridgehead atoms. The summed E-state index contributed by atoms with van der Waals surface area (Å²) in [5.41, 5.74) is 0.889. The molecule has 0 spiro atoms. The Bertz CT molecular complexity index is 1070. The number of fused-ring (bicyclic) bond motifs is 3. The molecule has 0 aromatic carbocycles. The molecule has 2 saturated heterocycles. The molecule has 3 aliphatic rings. The molecule has 4 N–H and O–H groups in total. The van der Waals surface area contributed by atoms with Crippen LogP contribution in [0.1, 0.15) is 44.6 Å². The van der Waals surface area contributed by atoms with Crippen LogP contribution in [0.3, 0.4) is 0 Å². The van der Waals surface area contributed by atoms with Crippen LogP contribution in [0.25, 0.3) is 5.76 Å². The third-order valence-electron chi connectivity index (χ3n) is 6.73. The van der Waals surface area contributed by atoms with Crippen LogP contribution in [0, 0.1) is 0 Å². The van der Waals surface area contributed by atoms with Crippen molar-refractivity contribution in [2.24, 2.45) is 0 Å². The van der Waals surface area contributed by atoms with E-state index in [0.29, 0.717) is 48.1 Å². The Morgan fingerprint density at radius 2 is 1.89 bits per heavy atom. The molecule has 1 aromatic heterocycles. The third kappa shape index (κ3) is 6.09. The molecule has 0 unspecified atom stereocenters. The summed E-state index contributed by atoms with van der Waals surface area (Å²) in [6, 6.07) is 3.31. The van der Waals surface area contributed by atoms with Crippen LogP contribution in [0.15, 0.2) is 36.1 Å². The Labute approximate surface area is 209 Å². The molecule has 4 rings (SSSR count). The molecule has 3 aliphatic heterocycles. The molecular weight excluding hydrogens is 468 g/mol. The van der Waals surface area contributed by atoms with Gasteiger partial charge < -0.3 is 25.5 Å². The van der Waals surface area contributed by atoms with Crippen LogP contribution < -0.4 is 10.2 Å². The number of aliphatic hydroxyl groups is 1. The fourth-order valence-corrected chi connectivity index (χ4v) is 4.83. The normalized spacial score (nSPS) is 23.2. The Balaban J connectivity index is 0.000000392. The number of pyridine rings is 1. The first-order valence-electron chi connectivity index (χ1n) is 12.0. The minimum atomic E-state index is -1.26. The quantitative estimate of drug-likeness (QED) is 0.405. The van der Waals surface area contributed by atoms with Crippen molar-refractivity contribution in [2.75, 3.05) is 25.0 Å². The van der Waals surface area contributed by atoms with E-state index in [1.807, 2.05) is 11.9 Å². The SMILES string of the molecule is CCCCN1CC(C(=O)N[C@H]2C[C@H]3CC[C@@H](C2=O)N3C)=C(O)c2cccnc21.O=C(O)/C=C/C(=O)O. The Hall–Kier alpha value is -3.73. The number of carboxylic acid groups (broad SMARTS) is 2. The second-order valence-corrected chi connectivity index (χ2v) is 9.06. The number of nitrogens with one attached hydrogen (secondary N) is 1. The highest BCUT2D eigenvalue weighted by Gasteiger charge is 2.45. The first-order chi connectivity index (χ1) is 17.1. The number of likely N-dealkylation sites (N-methyl/N-ethyl adjacent to an activating group) is 1. The second-order valence-electron chi connectivity index (χ2n) is 9.06. The number of carbonyl (C=O) groups is 4. The van der Waals surface area contributed by atoms with Gasteiger partial charge >= 0.3 is 11.9 Å². The first kappa shape index (κ1) is 26.9. The minimum absolute atomic E-state index is 0.0308. The minimum Gasteiger partial charge on any atom is -0.507 e. The number of hydrogen-bond acceptors (Lipinski definition) is 8. The molecule has 36 heavy (non-hydrogen) atoms. The zero-order valence-electron chi connectivity index (χ0n) is 20.4. The molecule has 11 nitrogen and oxygen atoms in total. The van der Waals surface area contributed by atoms with Gasteiger partial charge in [-0.25, -0.2) is 14.6 Å². The molecule has 0 saturated carbocycles. The van der Waals surface area contributed by atoms with Gasteiger partial charge in [0.15, 0.2) is 5.78 Å². The number of unbranched alkanes of at least 4 members (excludes halogenated alkanes) is 1. The number of aromatic nitrogens is 1. The molecule has 1 aromatic rings. The van der Waals surface area contributed by atoms with Crippen LogP contribution in [-0.2, 0) is 19.2 Å². The third-order valence-corrected chi connectivity index (χ3v) is 6.73. The van der Waals surface area contributed by atoms with E-state index in [0.717, 1.165) is 32.2 Å². The number of piperidine rings is 1. The lowest BCUT2D eigenvalue weighted by atomic mass is 9.95. The fraction of sp³-hybridized carbons (Fsp3) is 0.480. The van der Waals surface area contributed by atoms with E-state index in [2.05, 4.69) is 22.1 Å². The predicted octanol–water partition coefficient (Wildman–Crippen LogP) is 1.60. The Morgan fingerprint density at radius 3 is 2.53 bits per heavy atom. The number of Topliss-reactive ketones (excluding diaryl/α,β-unsaturated/α-hetero) is 1. The monoisotopic (exact) mass is 500 g/mol. The van der Waals surface area contributed by atoms with Crippen molar-refractivity contribution in [3.05, 3.63) is 41.6 Å². The van der Waals surface area contributed by atoms with Crippen molar-refractivity contribution in [3.63, 3.8) is 0 Å². The average molecular weight is 501 g/mol. The van der Waals surface area contributed by atoms with Crippen LogP contribution in [0.2, 0.25) is 0 Å². The number of carboxylic acids is 2. The standard InChI is InChI=1S/C21H28N4O3.C4H4O4/c1-3-4-10-25-12-15(18(26)14-6-5-9-22-20(14)25)21(28)23-16-11-13-7-8-17(19(16)27)24(13)2;5-3(6)1-2-4(7)8/h5-6,9,13,16-17,26H,3-4,7-8,10-12H2,1-2H3,(H,23,28);1-2H,(H,5,6)(H,7,8)/b;2-1+/t13-,16+,17+;/m1./s1. The van der Waals surface area contributed by atoms with E-state index < -0.39 is 18.0 Å². The van der Waals surface area contributed by atoms with Gasteiger partial charge in [0, 0.05) is 30.9 Å². The molecule has 194 valence electrons. The zero-order chi connectivity index (χ0) is 26.4. The van der Waals surface area contributed by atoms with E-state index >= 15 is 0 Å². The number of ketones is 1. The average Bonchev–Trinajstić information content (AvgIpc) is 3.12. The summed E-state index contributed by atoms with van der Waals surface area (Å²) in [6.07, 6.45) is 7.32. The van der Waals surface area contributed by atoms with Gasteiger partial charge in [0.1, 0.15) is 11.6 Å². The Morgan fingerprint density at radius 1 is 1.19 bits per heavy atom. The van der Waals surface area contributed by atoms with Gasteiger partial charge in [0.05, 0.1) is 29.8 Å². The number of rotatable bonds is 7. The summed E-state index contributed by atoms with van der Waals surface area (Å²) >= 11 is 0. The Kier molecular flexibility index (Phi) is 8.81. The largest absolute Gasteiger partial charge is 0.507 e. The maximum atomic E-state index is 13.0. The summed E-state index contributed by atoms with van der Waals surface area (Å²) in [5, 5.41) is 29.3. The van der Waals surface area contributed by atoms with Crippen LogP contribution in [0.5, 0.6) is 0 Å². The van der Waals surface area contributed by atoms with Gasteiger partial charge in [-0.3, -0.25) is 14.5 Å². The van der Waals surface area contributed by atoms with Crippen molar-refractivity contribution >= 4 is 35.2 Å². The van der Waals surface area contributed by atoms with Crippen LogP contribution in [0.4, 0.5) is 5.82 Å². The van der Waals surface area contributed by atoms with E-state index in [1.165, 1.54) is 0 Å². The van der Waals surface area contributed by atoms with Gasteiger partial charge in [-0.1, -0.05) is 13.3 Å². The fourth-order valence-electron chi connectivity index (χ4n) is 4.83. The van der Waals surface area contributed by atoms with Crippen LogP contribution >= 0.6 is 0 Å². The lowest BCUT2D eigenvalue weighted by Crippen LogP contribution is -2.56. The summed E-state index contributed by atoms with van der Waals surface area (Å²) in [7, 11) is 1.99. The zero-order valence-corrected chi connectivity index (χ0v) is 20.4. The van der Waals surface area contributed by atoms with E-state index in [-0.39, 0.29) is 23.5 Å². The topological polar surface area (TPSA) is 160 Å². The maximum absolute atomic E-state index is 13.0. The summed E-state index contributed by atoms with van der Waals surface area (Å²) in [4.78, 5) is 53.4. The van der Waals surface area contributed by atoms with Crippen molar-refractivity contribution in [1.82, 2.24) is 15.2 Å². The van der Waals surface area contributed by atoms with Crippen LogP contribution in [-0.4, -0.2) is 87.1 Å². The molecule has 0 radical (unpaired) electrons. The number of hydrogen-bond donors (Lipinski definition) is 4. The molecule has 11 heteroatoms. The molecule has 3 atom stereocenters. The lowest BCUT2D eigenvalue weighted by Gasteiger charge is -2.36. The van der Waals surface area contributed by atoms with Crippen molar-refractivity contribution in [2.45, 2.75) is 57.2 Å². The van der Waals surface area contributed by atoms with Crippen molar-refractivity contribution < 1.29 is 34.5 Å². The highest BCUT2D eigenvalue weighted by Crippen LogP contribution is 2.34. The number of aliphatic carboxylic acids is 2. The van der Waals surface area contributed by atoms with E-state index in [4.69, 9.17) is 10.2 Å². The first-order valence-corrected chi connectivity index (χ1v) is 12.0.